The summed E-state index contributed by atoms with van der Waals surface area (Å²) in [6.07, 6.45) is 2.05. The fourth-order valence-corrected chi connectivity index (χ4v) is 5.80. The van der Waals surface area contributed by atoms with E-state index >= 15 is 0 Å². The van der Waals surface area contributed by atoms with E-state index in [-0.39, 0.29) is 5.91 Å². The highest BCUT2D eigenvalue weighted by Gasteiger charge is 2.26. The van der Waals surface area contributed by atoms with Crippen LogP contribution in [0.1, 0.15) is 61.0 Å². The summed E-state index contributed by atoms with van der Waals surface area (Å²) in [7, 11) is 0. The highest BCUT2D eigenvalue weighted by atomic mass is 16.5. The standard InChI is InChI=1S/C29H38N4O2/c1-19(2)28-25-17-23(5-6-26(25)31-29(28)24-15-20(3)30-21(4)16-24)22-7-9-33(10-8-22)27(34)18-32-11-13-35-14-12-32/h5-6,15-17,19,22,31H,7-14,18H2,1-4H3. The van der Waals surface area contributed by atoms with Crippen LogP contribution < -0.4 is 0 Å². The summed E-state index contributed by atoms with van der Waals surface area (Å²) in [6.45, 7) is 14.1. The molecule has 0 saturated carbocycles. The summed E-state index contributed by atoms with van der Waals surface area (Å²) in [5.41, 5.74) is 8.48. The van der Waals surface area contributed by atoms with Gasteiger partial charge in [0, 0.05) is 54.0 Å². The Labute approximate surface area is 208 Å². The van der Waals surface area contributed by atoms with E-state index in [9.17, 15) is 4.79 Å². The number of fused-ring (bicyclic) bond motifs is 1. The number of rotatable bonds is 5. The van der Waals surface area contributed by atoms with Crippen molar-refractivity contribution in [3.8, 4) is 11.3 Å². The molecule has 2 aliphatic rings. The fourth-order valence-electron chi connectivity index (χ4n) is 5.80. The summed E-state index contributed by atoms with van der Waals surface area (Å²) in [5.74, 6) is 1.17. The molecule has 0 aliphatic carbocycles. The van der Waals surface area contributed by atoms with Crippen LogP contribution in [0.4, 0.5) is 0 Å². The normalized spacial score (nSPS) is 18.0. The number of hydrogen-bond donors (Lipinski definition) is 1. The van der Waals surface area contributed by atoms with Crippen LogP contribution >= 0.6 is 0 Å². The smallest absolute Gasteiger partial charge is 0.236 e. The summed E-state index contributed by atoms with van der Waals surface area (Å²) in [6, 6.07) is 11.3. The van der Waals surface area contributed by atoms with E-state index < -0.39 is 0 Å². The Hall–Kier alpha value is -2.70. The average molecular weight is 475 g/mol. The van der Waals surface area contributed by atoms with Crippen LogP contribution in [0.5, 0.6) is 0 Å². The van der Waals surface area contributed by atoms with Gasteiger partial charge in [-0.25, -0.2) is 0 Å². The molecule has 2 aliphatic heterocycles. The molecule has 186 valence electrons. The number of amides is 1. The third-order valence-electron chi connectivity index (χ3n) is 7.59. The molecule has 1 amide bonds. The molecule has 2 fully saturated rings. The molecule has 4 heterocycles. The fraction of sp³-hybridized carbons (Fsp3) is 0.517. The summed E-state index contributed by atoms with van der Waals surface area (Å²) >= 11 is 0. The van der Waals surface area contributed by atoms with Gasteiger partial charge in [-0.1, -0.05) is 19.9 Å². The third-order valence-corrected chi connectivity index (χ3v) is 7.59. The zero-order valence-electron chi connectivity index (χ0n) is 21.6. The molecule has 0 spiro atoms. The van der Waals surface area contributed by atoms with Gasteiger partial charge >= 0.3 is 0 Å². The van der Waals surface area contributed by atoms with Gasteiger partial charge in [-0.3, -0.25) is 14.7 Å². The van der Waals surface area contributed by atoms with Gasteiger partial charge in [0.1, 0.15) is 0 Å². The Morgan fingerprint density at radius 3 is 2.40 bits per heavy atom. The SMILES string of the molecule is Cc1cc(-c2[nH]c3ccc(C4CCN(C(=O)CN5CCOCC5)CC4)cc3c2C(C)C)cc(C)n1. The quantitative estimate of drug-likeness (QED) is 0.565. The van der Waals surface area contributed by atoms with Gasteiger partial charge in [-0.05, 0) is 73.9 Å². The van der Waals surface area contributed by atoms with Crippen LogP contribution in [-0.4, -0.2) is 71.6 Å². The summed E-state index contributed by atoms with van der Waals surface area (Å²) < 4.78 is 5.41. The highest BCUT2D eigenvalue weighted by molar-refractivity contribution is 5.92. The number of aromatic nitrogens is 2. The lowest BCUT2D eigenvalue weighted by atomic mass is 9.87. The molecular weight excluding hydrogens is 436 g/mol. The average Bonchev–Trinajstić information content (AvgIpc) is 3.23. The Kier molecular flexibility index (Phi) is 6.94. The zero-order valence-corrected chi connectivity index (χ0v) is 21.6. The number of nitrogens with one attached hydrogen (secondary N) is 1. The number of aromatic amines is 1. The molecule has 0 radical (unpaired) electrons. The molecule has 1 aromatic carbocycles. The number of nitrogens with zero attached hydrogens (tertiary/aromatic N) is 3. The second-order valence-electron chi connectivity index (χ2n) is 10.6. The van der Waals surface area contributed by atoms with E-state index in [1.54, 1.807) is 0 Å². The first-order valence-corrected chi connectivity index (χ1v) is 13.1. The van der Waals surface area contributed by atoms with Crippen LogP contribution in [0.15, 0.2) is 30.3 Å². The van der Waals surface area contributed by atoms with Crippen molar-refractivity contribution in [3.05, 3.63) is 52.8 Å². The van der Waals surface area contributed by atoms with Crippen molar-refractivity contribution in [3.63, 3.8) is 0 Å². The van der Waals surface area contributed by atoms with Gasteiger partial charge in [0.2, 0.25) is 5.91 Å². The number of hydrogen-bond acceptors (Lipinski definition) is 4. The predicted molar refractivity (Wildman–Crippen MR) is 141 cm³/mol. The summed E-state index contributed by atoms with van der Waals surface area (Å²) in [4.78, 5) is 25.4. The predicted octanol–water partition coefficient (Wildman–Crippen LogP) is 5.01. The molecule has 3 aromatic rings. The van der Waals surface area contributed by atoms with E-state index in [0.29, 0.717) is 18.4 Å². The number of benzene rings is 1. The molecule has 6 nitrogen and oxygen atoms in total. The minimum atomic E-state index is 0.265. The lowest BCUT2D eigenvalue weighted by Gasteiger charge is -2.34. The van der Waals surface area contributed by atoms with Crippen molar-refractivity contribution in [2.75, 3.05) is 45.9 Å². The van der Waals surface area contributed by atoms with E-state index in [1.807, 2.05) is 0 Å². The first-order chi connectivity index (χ1) is 16.9. The van der Waals surface area contributed by atoms with Gasteiger partial charge in [0.05, 0.1) is 25.5 Å². The molecule has 1 N–H and O–H groups in total. The van der Waals surface area contributed by atoms with E-state index in [1.165, 1.54) is 33.3 Å². The van der Waals surface area contributed by atoms with Gasteiger partial charge < -0.3 is 14.6 Å². The lowest BCUT2D eigenvalue weighted by Crippen LogP contribution is -2.46. The lowest BCUT2D eigenvalue weighted by molar-refractivity contribution is -0.134. The van der Waals surface area contributed by atoms with Crippen molar-refractivity contribution in [1.29, 1.82) is 0 Å². The number of morpholine rings is 1. The molecule has 6 heteroatoms. The minimum Gasteiger partial charge on any atom is -0.379 e. The van der Waals surface area contributed by atoms with Crippen molar-refractivity contribution >= 4 is 16.8 Å². The number of pyridine rings is 1. The molecular formula is C29H38N4O2. The number of H-pyrrole nitrogens is 1. The van der Waals surface area contributed by atoms with Gasteiger partial charge in [0.25, 0.3) is 0 Å². The van der Waals surface area contributed by atoms with E-state index in [0.717, 1.165) is 63.6 Å². The van der Waals surface area contributed by atoms with Crippen molar-refractivity contribution in [2.45, 2.75) is 52.4 Å². The second-order valence-corrected chi connectivity index (χ2v) is 10.6. The van der Waals surface area contributed by atoms with Crippen molar-refractivity contribution in [2.24, 2.45) is 0 Å². The van der Waals surface area contributed by atoms with Crippen molar-refractivity contribution < 1.29 is 9.53 Å². The number of ether oxygens (including phenoxy) is 1. The first-order valence-electron chi connectivity index (χ1n) is 13.1. The zero-order chi connectivity index (χ0) is 24.5. The molecule has 35 heavy (non-hydrogen) atoms. The van der Waals surface area contributed by atoms with Gasteiger partial charge in [0.15, 0.2) is 0 Å². The van der Waals surface area contributed by atoms with Crippen LogP contribution in [0.25, 0.3) is 22.2 Å². The Bertz CT molecular complexity index is 1180. The maximum absolute atomic E-state index is 12.8. The van der Waals surface area contributed by atoms with Gasteiger partial charge in [-0.15, -0.1) is 0 Å². The number of piperidine rings is 1. The Morgan fingerprint density at radius 1 is 1.06 bits per heavy atom. The number of carbonyl (C=O) groups is 1. The number of aryl methyl sites for hydroxylation is 2. The number of likely N-dealkylation sites (tertiary alicyclic amines) is 1. The molecule has 0 bridgehead atoms. The van der Waals surface area contributed by atoms with E-state index in [4.69, 9.17) is 4.74 Å². The van der Waals surface area contributed by atoms with Crippen LogP contribution in [0.3, 0.4) is 0 Å². The monoisotopic (exact) mass is 474 g/mol. The highest BCUT2D eigenvalue weighted by Crippen LogP contribution is 2.38. The maximum atomic E-state index is 12.8. The molecule has 5 rings (SSSR count). The molecule has 2 aromatic heterocycles. The molecule has 0 unspecified atom stereocenters. The topological polar surface area (TPSA) is 61.5 Å². The third kappa shape index (κ3) is 5.14. The van der Waals surface area contributed by atoms with Crippen LogP contribution in [0.2, 0.25) is 0 Å². The second kappa shape index (κ2) is 10.1. The number of carbonyl (C=O) groups excluding carboxylic acids is 1. The molecule has 2 saturated heterocycles. The minimum absolute atomic E-state index is 0.265. The van der Waals surface area contributed by atoms with Crippen LogP contribution in [-0.2, 0) is 9.53 Å². The van der Waals surface area contributed by atoms with Gasteiger partial charge in [-0.2, -0.15) is 0 Å². The van der Waals surface area contributed by atoms with E-state index in [2.05, 4.69) is 77.8 Å². The first kappa shape index (κ1) is 24.0. The summed E-state index contributed by atoms with van der Waals surface area (Å²) in [5, 5.41) is 1.32. The Morgan fingerprint density at radius 2 is 1.74 bits per heavy atom. The largest absolute Gasteiger partial charge is 0.379 e. The van der Waals surface area contributed by atoms with Crippen LogP contribution in [0, 0.1) is 13.8 Å². The van der Waals surface area contributed by atoms with Crippen molar-refractivity contribution in [1.82, 2.24) is 19.8 Å². The Balaban J connectivity index is 1.34. The maximum Gasteiger partial charge on any atom is 0.236 e. The molecule has 0 atom stereocenters.